The van der Waals surface area contributed by atoms with Crippen LogP contribution in [0.3, 0.4) is 0 Å². The van der Waals surface area contributed by atoms with E-state index in [1.807, 2.05) is 18.2 Å². The molecule has 0 radical (unpaired) electrons. The van der Waals surface area contributed by atoms with Gasteiger partial charge in [0, 0.05) is 19.6 Å². The van der Waals surface area contributed by atoms with Gasteiger partial charge in [-0.05, 0) is 35.5 Å². The first-order chi connectivity index (χ1) is 10.2. The Balaban J connectivity index is 1.85. The number of likely N-dealkylation sites (N-methyl/N-ethyl adjacent to an activating group) is 1. The van der Waals surface area contributed by atoms with E-state index in [-0.39, 0.29) is 0 Å². The molecule has 1 atom stereocenters. The van der Waals surface area contributed by atoms with Gasteiger partial charge in [0.15, 0.2) is 0 Å². The second kappa shape index (κ2) is 8.13. The standard InChI is InChI=1S/C18H26N2O/c1-3-20(4-2)12-11-19-14-18(21)17-10-9-15-7-5-6-8-16(15)13-17/h5-10,13,18-19,21H,3-4,11-12,14H2,1-2H3. The van der Waals surface area contributed by atoms with Gasteiger partial charge in [0.1, 0.15) is 0 Å². The lowest BCUT2D eigenvalue weighted by atomic mass is 10.0. The minimum absolute atomic E-state index is 0.452. The van der Waals surface area contributed by atoms with Gasteiger partial charge in [0.2, 0.25) is 0 Å². The summed E-state index contributed by atoms with van der Waals surface area (Å²) in [7, 11) is 0. The Morgan fingerprint density at radius 3 is 2.48 bits per heavy atom. The number of fused-ring (bicyclic) bond motifs is 1. The molecule has 1 unspecified atom stereocenters. The highest BCUT2D eigenvalue weighted by molar-refractivity contribution is 5.83. The second-order valence-electron chi connectivity index (χ2n) is 5.35. The van der Waals surface area contributed by atoms with Crippen LogP contribution in [0, 0.1) is 0 Å². The number of aliphatic hydroxyl groups excluding tert-OH is 1. The van der Waals surface area contributed by atoms with E-state index >= 15 is 0 Å². The van der Waals surface area contributed by atoms with Crippen LogP contribution in [0.15, 0.2) is 42.5 Å². The zero-order chi connectivity index (χ0) is 15.1. The van der Waals surface area contributed by atoms with Gasteiger partial charge in [-0.3, -0.25) is 0 Å². The van der Waals surface area contributed by atoms with Crippen LogP contribution in [-0.2, 0) is 0 Å². The summed E-state index contributed by atoms with van der Waals surface area (Å²) < 4.78 is 0. The minimum atomic E-state index is -0.452. The van der Waals surface area contributed by atoms with Crippen molar-refractivity contribution < 1.29 is 5.11 Å². The summed E-state index contributed by atoms with van der Waals surface area (Å²) in [5.41, 5.74) is 0.976. The predicted octanol–water partition coefficient (Wildman–Crippen LogP) is 2.80. The highest BCUT2D eigenvalue weighted by atomic mass is 16.3. The molecule has 21 heavy (non-hydrogen) atoms. The maximum atomic E-state index is 10.3. The van der Waals surface area contributed by atoms with Crippen molar-refractivity contribution in [2.45, 2.75) is 20.0 Å². The van der Waals surface area contributed by atoms with Crippen molar-refractivity contribution in [1.82, 2.24) is 10.2 Å². The summed E-state index contributed by atoms with van der Waals surface area (Å²) in [5, 5.41) is 16.0. The molecule has 0 aliphatic carbocycles. The molecule has 0 fully saturated rings. The maximum Gasteiger partial charge on any atom is 0.0914 e. The molecule has 0 heterocycles. The monoisotopic (exact) mass is 286 g/mol. The smallest absolute Gasteiger partial charge is 0.0914 e. The van der Waals surface area contributed by atoms with E-state index in [4.69, 9.17) is 0 Å². The lowest BCUT2D eigenvalue weighted by molar-refractivity contribution is 0.172. The summed E-state index contributed by atoms with van der Waals surface area (Å²) in [6.45, 7) is 9.03. The molecule has 0 bridgehead atoms. The first kappa shape index (κ1) is 16.0. The molecule has 114 valence electrons. The lowest BCUT2D eigenvalue weighted by Gasteiger charge is -2.19. The van der Waals surface area contributed by atoms with Gasteiger partial charge >= 0.3 is 0 Å². The highest BCUT2D eigenvalue weighted by Gasteiger charge is 2.08. The van der Waals surface area contributed by atoms with Crippen LogP contribution in [0.5, 0.6) is 0 Å². The fourth-order valence-electron chi connectivity index (χ4n) is 2.55. The predicted molar refractivity (Wildman–Crippen MR) is 89.6 cm³/mol. The molecule has 0 aliphatic heterocycles. The summed E-state index contributed by atoms with van der Waals surface area (Å²) in [5.74, 6) is 0. The van der Waals surface area contributed by atoms with Crippen molar-refractivity contribution in [1.29, 1.82) is 0 Å². The molecule has 3 nitrogen and oxygen atoms in total. The second-order valence-corrected chi connectivity index (χ2v) is 5.35. The van der Waals surface area contributed by atoms with Crippen LogP contribution in [0.2, 0.25) is 0 Å². The van der Waals surface area contributed by atoms with E-state index in [0.29, 0.717) is 6.54 Å². The van der Waals surface area contributed by atoms with Crippen LogP contribution in [0.4, 0.5) is 0 Å². The van der Waals surface area contributed by atoms with Crippen molar-refractivity contribution in [2.24, 2.45) is 0 Å². The number of hydrogen-bond acceptors (Lipinski definition) is 3. The third-order valence-electron chi connectivity index (χ3n) is 4.00. The van der Waals surface area contributed by atoms with Crippen molar-refractivity contribution in [3.63, 3.8) is 0 Å². The normalized spacial score (nSPS) is 13.0. The molecule has 0 spiro atoms. The van der Waals surface area contributed by atoms with Crippen molar-refractivity contribution in [3.8, 4) is 0 Å². The summed E-state index contributed by atoms with van der Waals surface area (Å²) >= 11 is 0. The largest absolute Gasteiger partial charge is 0.387 e. The average Bonchev–Trinajstić information content (AvgIpc) is 2.54. The van der Waals surface area contributed by atoms with Crippen LogP contribution in [0.1, 0.15) is 25.5 Å². The van der Waals surface area contributed by atoms with Gasteiger partial charge in [0.25, 0.3) is 0 Å². The van der Waals surface area contributed by atoms with E-state index in [1.54, 1.807) is 0 Å². The molecule has 0 saturated carbocycles. The molecule has 2 aromatic rings. The average molecular weight is 286 g/mol. The van der Waals surface area contributed by atoms with Crippen molar-refractivity contribution >= 4 is 10.8 Å². The highest BCUT2D eigenvalue weighted by Crippen LogP contribution is 2.19. The fraction of sp³-hybridized carbons (Fsp3) is 0.444. The third kappa shape index (κ3) is 4.53. The van der Waals surface area contributed by atoms with E-state index < -0.39 is 6.10 Å². The molecular weight excluding hydrogens is 260 g/mol. The Hall–Kier alpha value is -1.42. The first-order valence-corrected chi connectivity index (χ1v) is 7.84. The van der Waals surface area contributed by atoms with Crippen LogP contribution in [0.25, 0.3) is 10.8 Å². The molecule has 2 aromatic carbocycles. The molecule has 0 amide bonds. The van der Waals surface area contributed by atoms with Crippen LogP contribution >= 0.6 is 0 Å². The quantitative estimate of drug-likeness (QED) is 0.733. The van der Waals surface area contributed by atoms with Crippen molar-refractivity contribution in [2.75, 3.05) is 32.7 Å². The zero-order valence-electron chi connectivity index (χ0n) is 13.0. The van der Waals surface area contributed by atoms with Crippen LogP contribution in [-0.4, -0.2) is 42.7 Å². The van der Waals surface area contributed by atoms with E-state index in [9.17, 15) is 5.11 Å². The zero-order valence-corrected chi connectivity index (χ0v) is 13.0. The Kier molecular flexibility index (Phi) is 6.18. The van der Waals surface area contributed by atoms with E-state index in [0.717, 1.165) is 31.7 Å². The molecular formula is C18H26N2O. The topological polar surface area (TPSA) is 35.5 Å². The SMILES string of the molecule is CCN(CC)CCNCC(O)c1ccc2ccccc2c1. The maximum absolute atomic E-state index is 10.3. The molecule has 2 rings (SSSR count). The summed E-state index contributed by atoms with van der Waals surface area (Å²) in [6, 6.07) is 14.4. The number of nitrogens with one attached hydrogen (secondary N) is 1. The van der Waals surface area contributed by atoms with Gasteiger partial charge in [-0.2, -0.15) is 0 Å². The molecule has 0 aliphatic rings. The lowest BCUT2D eigenvalue weighted by Crippen LogP contribution is -2.33. The molecule has 3 heteroatoms. The van der Waals surface area contributed by atoms with Crippen LogP contribution < -0.4 is 5.32 Å². The van der Waals surface area contributed by atoms with Gasteiger partial charge in [-0.25, -0.2) is 0 Å². The summed E-state index contributed by atoms with van der Waals surface area (Å²) in [6.07, 6.45) is -0.452. The Morgan fingerprint density at radius 1 is 1.05 bits per heavy atom. The van der Waals surface area contributed by atoms with Crippen molar-refractivity contribution in [3.05, 3.63) is 48.0 Å². The number of rotatable bonds is 8. The first-order valence-electron chi connectivity index (χ1n) is 7.84. The van der Waals surface area contributed by atoms with Gasteiger partial charge < -0.3 is 15.3 Å². The number of hydrogen-bond donors (Lipinski definition) is 2. The fourth-order valence-corrected chi connectivity index (χ4v) is 2.55. The van der Waals surface area contributed by atoms with Gasteiger partial charge in [0.05, 0.1) is 6.10 Å². The Bertz CT molecular complexity index is 552. The molecule has 2 N–H and O–H groups in total. The van der Waals surface area contributed by atoms with Gasteiger partial charge in [-0.1, -0.05) is 50.2 Å². The van der Waals surface area contributed by atoms with E-state index in [1.165, 1.54) is 10.8 Å². The Morgan fingerprint density at radius 2 is 1.76 bits per heavy atom. The van der Waals surface area contributed by atoms with Gasteiger partial charge in [-0.15, -0.1) is 0 Å². The van der Waals surface area contributed by atoms with E-state index in [2.05, 4.69) is 48.3 Å². The Labute approximate surface area is 127 Å². The molecule has 0 aromatic heterocycles. The molecule has 0 saturated heterocycles. The number of benzene rings is 2. The minimum Gasteiger partial charge on any atom is -0.387 e. The third-order valence-corrected chi connectivity index (χ3v) is 4.00. The number of aliphatic hydroxyl groups is 1. The number of nitrogens with zero attached hydrogens (tertiary/aromatic N) is 1. The summed E-state index contributed by atoms with van der Waals surface area (Å²) in [4.78, 5) is 2.37.